The Morgan fingerprint density at radius 2 is 1.94 bits per heavy atom. The molecule has 1 aliphatic rings. The van der Waals surface area contributed by atoms with Gasteiger partial charge >= 0.3 is 0 Å². The second-order valence-corrected chi connectivity index (χ2v) is 10.8. The lowest BCUT2D eigenvalue weighted by molar-refractivity contribution is 0.104. The molecule has 1 atom stereocenters. The summed E-state index contributed by atoms with van der Waals surface area (Å²) < 4.78 is 7.08. The van der Waals surface area contributed by atoms with E-state index in [2.05, 4.69) is 24.0 Å². The molecule has 0 amide bonds. The number of phenolic OH excluding ortho intramolecular Hbond substituents is 1. The molecule has 0 bridgehead atoms. The molecule has 0 saturated carbocycles. The molecule has 5 rings (SSSR count). The molecule has 0 radical (unpaired) electrons. The fourth-order valence-electron chi connectivity index (χ4n) is 4.66. The highest BCUT2D eigenvalue weighted by Gasteiger charge is 2.24. The first-order valence-electron chi connectivity index (χ1n) is 12.0. The predicted molar refractivity (Wildman–Crippen MR) is 143 cm³/mol. The first-order valence-corrected chi connectivity index (χ1v) is 13.2. The maximum absolute atomic E-state index is 13.4. The van der Waals surface area contributed by atoms with Gasteiger partial charge < -0.3 is 14.7 Å². The number of benzene rings is 3. The SMILES string of the molecule is C[C@H]1CCN(CCCc2ccc(Oc3c(C(=O)c4ccccc4Cl)sc4cc(O)ccc34)cc2)C1. The third-order valence-corrected chi connectivity index (χ3v) is 8.01. The Morgan fingerprint density at radius 1 is 1.14 bits per heavy atom. The Bertz CT molecular complexity index is 1350. The van der Waals surface area contributed by atoms with Gasteiger partial charge in [0.25, 0.3) is 0 Å². The Kier molecular flexibility index (Phi) is 7.09. The minimum Gasteiger partial charge on any atom is -0.508 e. The molecule has 6 heteroatoms. The Hall–Kier alpha value is -2.86. The smallest absolute Gasteiger partial charge is 0.208 e. The second-order valence-electron chi connectivity index (χ2n) is 9.29. The minimum absolute atomic E-state index is 0.148. The highest BCUT2D eigenvalue weighted by atomic mass is 35.5. The number of halogens is 1. The first kappa shape index (κ1) is 23.9. The van der Waals surface area contributed by atoms with Crippen LogP contribution in [0.5, 0.6) is 17.2 Å². The second kappa shape index (κ2) is 10.4. The molecule has 1 aromatic heterocycles. The molecule has 1 aliphatic heterocycles. The van der Waals surface area contributed by atoms with Crippen molar-refractivity contribution in [2.75, 3.05) is 19.6 Å². The van der Waals surface area contributed by atoms with Crippen LogP contribution >= 0.6 is 22.9 Å². The van der Waals surface area contributed by atoms with E-state index < -0.39 is 0 Å². The number of nitrogens with zero attached hydrogens (tertiary/aromatic N) is 1. The number of carbonyl (C=O) groups excluding carboxylic acids is 1. The van der Waals surface area contributed by atoms with E-state index in [-0.39, 0.29) is 11.5 Å². The van der Waals surface area contributed by atoms with Crippen LogP contribution < -0.4 is 4.74 Å². The molecule has 0 aliphatic carbocycles. The van der Waals surface area contributed by atoms with Gasteiger partial charge in [0.15, 0.2) is 5.75 Å². The third-order valence-electron chi connectivity index (χ3n) is 6.54. The lowest BCUT2D eigenvalue weighted by atomic mass is 10.1. The van der Waals surface area contributed by atoms with Crippen LogP contribution in [0, 0.1) is 5.92 Å². The van der Waals surface area contributed by atoms with Crippen LogP contribution in [0.3, 0.4) is 0 Å². The molecule has 0 unspecified atom stereocenters. The van der Waals surface area contributed by atoms with Crippen LogP contribution in [-0.4, -0.2) is 35.4 Å². The normalized spacial score (nSPS) is 16.1. The van der Waals surface area contributed by atoms with Gasteiger partial charge in [-0.25, -0.2) is 0 Å². The number of hydrogen-bond acceptors (Lipinski definition) is 5. The number of thiophene rings is 1. The number of ether oxygens (including phenoxy) is 1. The lowest BCUT2D eigenvalue weighted by Crippen LogP contribution is -2.21. The summed E-state index contributed by atoms with van der Waals surface area (Å²) in [6.45, 7) is 5.90. The highest BCUT2D eigenvalue weighted by molar-refractivity contribution is 7.21. The van der Waals surface area contributed by atoms with E-state index in [0.717, 1.165) is 35.4 Å². The number of fused-ring (bicyclic) bond motifs is 1. The molecule has 35 heavy (non-hydrogen) atoms. The quantitative estimate of drug-likeness (QED) is 0.251. The van der Waals surface area contributed by atoms with Gasteiger partial charge in [-0.15, -0.1) is 11.3 Å². The van der Waals surface area contributed by atoms with Gasteiger partial charge in [0.05, 0.1) is 5.02 Å². The predicted octanol–water partition coefficient (Wildman–Crippen LogP) is 7.56. The summed E-state index contributed by atoms with van der Waals surface area (Å²) in [4.78, 5) is 16.4. The van der Waals surface area contributed by atoms with Crippen LogP contribution in [0.2, 0.25) is 5.02 Å². The molecule has 4 nitrogen and oxygen atoms in total. The van der Waals surface area contributed by atoms with Crippen LogP contribution in [0.1, 0.15) is 40.6 Å². The molecule has 1 N–H and O–H groups in total. The van der Waals surface area contributed by atoms with Crippen molar-refractivity contribution in [2.45, 2.75) is 26.2 Å². The van der Waals surface area contributed by atoms with Gasteiger partial charge in [-0.2, -0.15) is 0 Å². The number of phenols is 1. The average molecular weight is 506 g/mol. The van der Waals surface area contributed by atoms with Crippen LogP contribution in [-0.2, 0) is 6.42 Å². The zero-order chi connectivity index (χ0) is 24.4. The molecule has 1 fully saturated rings. The number of rotatable bonds is 8. The van der Waals surface area contributed by atoms with E-state index in [1.165, 1.54) is 36.4 Å². The van der Waals surface area contributed by atoms with Crippen molar-refractivity contribution in [3.05, 3.63) is 87.8 Å². The van der Waals surface area contributed by atoms with Crippen LogP contribution in [0.4, 0.5) is 0 Å². The molecular formula is C29H28ClNO3S. The molecule has 4 aromatic rings. The molecule has 2 heterocycles. The highest BCUT2D eigenvalue weighted by Crippen LogP contribution is 2.43. The number of likely N-dealkylation sites (tertiary alicyclic amines) is 1. The van der Waals surface area contributed by atoms with E-state index >= 15 is 0 Å². The topological polar surface area (TPSA) is 49.8 Å². The molecule has 180 valence electrons. The van der Waals surface area contributed by atoms with Gasteiger partial charge in [-0.3, -0.25) is 4.79 Å². The van der Waals surface area contributed by atoms with Crippen molar-refractivity contribution in [1.82, 2.24) is 4.90 Å². The van der Waals surface area contributed by atoms with Gasteiger partial charge in [0.2, 0.25) is 5.78 Å². The minimum atomic E-state index is -0.195. The zero-order valence-electron chi connectivity index (χ0n) is 19.7. The van der Waals surface area contributed by atoms with E-state index in [4.69, 9.17) is 16.3 Å². The van der Waals surface area contributed by atoms with Gasteiger partial charge in [0.1, 0.15) is 16.4 Å². The summed E-state index contributed by atoms with van der Waals surface area (Å²) in [6.07, 6.45) is 3.48. The Labute approximate surface area is 214 Å². The maximum atomic E-state index is 13.4. The van der Waals surface area contributed by atoms with E-state index in [1.54, 1.807) is 42.5 Å². The summed E-state index contributed by atoms with van der Waals surface area (Å²) in [5.41, 5.74) is 1.70. The van der Waals surface area contributed by atoms with E-state index in [9.17, 15) is 9.90 Å². The van der Waals surface area contributed by atoms with Crippen molar-refractivity contribution in [3.63, 3.8) is 0 Å². The van der Waals surface area contributed by atoms with Crippen LogP contribution in [0.25, 0.3) is 10.1 Å². The largest absolute Gasteiger partial charge is 0.508 e. The number of carbonyl (C=O) groups is 1. The van der Waals surface area contributed by atoms with Gasteiger partial charge in [0, 0.05) is 22.2 Å². The monoisotopic (exact) mass is 505 g/mol. The van der Waals surface area contributed by atoms with Crippen molar-refractivity contribution < 1.29 is 14.6 Å². The molecule has 1 saturated heterocycles. The summed E-state index contributed by atoms with van der Waals surface area (Å²) in [5, 5.41) is 11.1. The van der Waals surface area contributed by atoms with Crippen molar-refractivity contribution >= 4 is 38.8 Å². The number of hydrogen-bond donors (Lipinski definition) is 1. The third kappa shape index (κ3) is 5.37. The Morgan fingerprint density at radius 3 is 2.69 bits per heavy atom. The van der Waals surface area contributed by atoms with Gasteiger partial charge in [-0.1, -0.05) is 42.8 Å². The number of ketones is 1. The van der Waals surface area contributed by atoms with Crippen molar-refractivity contribution in [3.8, 4) is 17.2 Å². The summed E-state index contributed by atoms with van der Waals surface area (Å²) in [5.74, 6) is 1.93. The summed E-state index contributed by atoms with van der Waals surface area (Å²) in [6, 6.07) is 20.2. The summed E-state index contributed by atoms with van der Waals surface area (Å²) >= 11 is 7.61. The average Bonchev–Trinajstić information content (AvgIpc) is 3.43. The Balaban J connectivity index is 1.36. The number of aromatic hydroxyl groups is 1. The van der Waals surface area contributed by atoms with E-state index in [0.29, 0.717) is 27.0 Å². The van der Waals surface area contributed by atoms with Crippen molar-refractivity contribution in [2.24, 2.45) is 5.92 Å². The lowest BCUT2D eigenvalue weighted by Gasteiger charge is -2.15. The fraction of sp³-hybridized carbons (Fsp3) is 0.276. The first-order chi connectivity index (χ1) is 17.0. The van der Waals surface area contributed by atoms with E-state index in [1.807, 2.05) is 12.1 Å². The standard InChI is InChI=1S/C29H28ClNO3S/c1-19-14-16-31(18-19)15-4-5-20-8-11-22(12-9-20)34-28-24-13-10-21(32)17-26(24)35-29(28)27(33)23-6-2-3-7-25(23)30/h2-3,6-13,17,19,32H,4-5,14-16,18H2,1H3/t19-/m0/s1. The molecule has 0 spiro atoms. The summed E-state index contributed by atoms with van der Waals surface area (Å²) in [7, 11) is 0. The fourth-order valence-corrected chi connectivity index (χ4v) is 6.00. The van der Waals surface area contributed by atoms with Gasteiger partial charge in [-0.05, 0) is 86.3 Å². The van der Waals surface area contributed by atoms with Crippen molar-refractivity contribution in [1.29, 1.82) is 0 Å². The van der Waals surface area contributed by atoms with Crippen LogP contribution in [0.15, 0.2) is 66.7 Å². The molecular weight excluding hydrogens is 478 g/mol. The number of aryl methyl sites for hydroxylation is 1. The zero-order valence-corrected chi connectivity index (χ0v) is 21.2. The maximum Gasteiger partial charge on any atom is 0.208 e. The molecule has 3 aromatic carbocycles.